The van der Waals surface area contributed by atoms with Crippen LogP contribution in [-0.4, -0.2) is 36.0 Å². The van der Waals surface area contributed by atoms with Crippen LogP contribution < -0.4 is 16.0 Å². The number of halogens is 1. The van der Waals surface area contributed by atoms with Crippen LogP contribution in [0.4, 0.5) is 11.5 Å². The van der Waals surface area contributed by atoms with Crippen LogP contribution in [0.5, 0.6) is 0 Å². The summed E-state index contributed by atoms with van der Waals surface area (Å²) in [6.45, 7) is 1.23. The molecule has 0 aliphatic heterocycles. The highest BCUT2D eigenvalue weighted by Crippen LogP contribution is 2.32. The molecule has 2 heterocycles. The summed E-state index contributed by atoms with van der Waals surface area (Å²) in [5, 5.41) is 12.6. The molecule has 0 radical (unpaired) electrons. The lowest BCUT2D eigenvalue weighted by atomic mass is 10.0. The van der Waals surface area contributed by atoms with Gasteiger partial charge in [0.1, 0.15) is 5.82 Å². The Morgan fingerprint density at radius 3 is 2.72 bits per heavy atom. The van der Waals surface area contributed by atoms with E-state index in [-0.39, 0.29) is 5.91 Å². The Balaban J connectivity index is 1.86. The molecule has 7 heteroatoms. The van der Waals surface area contributed by atoms with E-state index in [9.17, 15) is 4.79 Å². The number of likely N-dealkylation sites (N-methyl/N-ethyl adjacent to an activating group) is 1. The number of hydrogen-bond donors (Lipinski definition) is 3. The standard InChI is InChI=1S/C22H20ClN5O/c1-24-10-11-26-22(29)18-7-3-6-16-19-13-25-9-8-17(19)21(28-20(16)18)27-15-5-2-4-14(23)12-15/h2-9,12-13,24H,10-11H2,1H3,(H,26,29)(H,27,28). The minimum absolute atomic E-state index is 0.157. The number of hydrogen-bond acceptors (Lipinski definition) is 5. The molecular formula is C22H20ClN5O. The number of carbonyl (C=O) groups excluding carboxylic acids is 1. The smallest absolute Gasteiger partial charge is 0.253 e. The Morgan fingerprint density at radius 1 is 1.03 bits per heavy atom. The zero-order valence-corrected chi connectivity index (χ0v) is 16.6. The molecule has 29 heavy (non-hydrogen) atoms. The third kappa shape index (κ3) is 3.99. The fraction of sp³-hybridized carbons (Fsp3) is 0.136. The van der Waals surface area contributed by atoms with Gasteiger partial charge in [-0.1, -0.05) is 29.8 Å². The van der Waals surface area contributed by atoms with Crippen molar-refractivity contribution in [3.05, 3.63) is 71.5 Å². The molecular weight excluding hydrogens is 386 g/mol. The first-order valence-electron chi connectivity index (χ1n) is 9.29. The number of benzene rings is 2. The number of fused-ring (bicyclic) bond motifs is 3. The molecule has 1 amide bonds. The van der Waals surface area contributed by atoms with E-state index in [0.717, 1.165) is 21.8 Å². The maximum absolute atomic E-state index is 12.8. The maximum atomic E-state index is 12.8. The maximum Gasteiger partial charge on any atom is 0.253 e. The normalized spacial score (nSPS) is 11.0. The van der Waals surface area contributed by atoms with Crippen LogP contribution in [0.1, 0.15) is 10.4 Å². The zero-order chi connectivity index (χ0) is 20.2. The van der Waals surface area contributed by atoms with Crippen molar-refractivity contribution in [1.29, 1.82) is 0 Å². The van der Waals surface area contributed by atoms with Crippen molar-refractivity contribution in [3.8, 4) is 0 Å². The molecule has 0 unspecified atom stereocenters. The molecule has 0 bridgehead atoms. The molecule has 0 aliphatic rings. The lowest BCUT2D eigenvalue weighted by Gasteiger charge is -2.14. The van der Waals surface area contributed by atoms with Gasteiger partial charge in [-0.25, -0.2) is 4.98 Å². The minimum Gasteiger partial charge on any atom is -0.351 e. The Labute approximate surface area is 173 Å². The van der Waals surface area contributed by atoms with Crippen LogP contribution in [0.15, 0.2) is 60.9 Å². The van der Waals surface area contributed by atoms with Gasteiger partial charge in [0, 0.05) is 52.4 Å². The minimum atomic E-state index is -0.157. The van der Waals surface area contributed by atoms with E-state index in [1.807, 2.05) is 49.5 Å². The third-order valence-electron chi connectivity index (χ3n) is 4.62. The summed E-state index contributed by atoms with van der Waals surface area (Å²) in [5.41, 5.74) is 1.97. The number of carbonyl (C=O) groups is 1. The number of aromatic nitrogens is 2. The second-order valence-corrected chi connectivity index (χ2v) is 7.01. The van der Waals surface area contributed by atoms with E-state index in [0.29, 0.717) is 35.0 Å². The molecule has 0 saturated carbocycles. The summed E-state index contributed by atoms with van der Waals surface area (Å²) < 4.78 is 0. The van der Waals surface area contributed by atoms with Crippen LogP contribution in [-0.2, 0) is 0 Å². The van der Waals surface area contributed by atoms with E-state index in [1.54, 1.807) is 18.5 Å². The van der Waals surface area contributed by atoms with Gasteiger partial charge >= 0.3 is 0 Å². The largest absolute Gasteiger partial charge is 0.351 e. The highest BCUT2D eigenvalue weighted by atomic mass is 35.5. The van der Waals surface area contributed by atoms with Crippen molar-refractivity contribution >= 4 is 50.7 Å². The molecule has 6 nitrogen and oxygen atoms in total. The summed E-state index contributed by atoms with van der Waals surface area (Å²) in [6, 6.07) is 15.0. The van der Waals surface area contributed by atoms with Crippen LogP contribution in [0.2, 0.25) is 5.02 Å². The molecule has 0 fully saturated rings. The van der Waals surface area contributed by atoms with E-state index in [4.69, 9.17) is 16.6 Å². The molecule has 0 aliphatic carbocycles. The monoisotopic (exact) mass is 405 g/mol. The van der Waals surface area contributed by atoms with Gasteiger partial charge in [-0.3, -0.25) is 9.78 Å². The van der Waals surface area contributed by atoms with Gasteiger partial charge in [0.05, 0.1) is 11.1 Å². The Hall–Kier alpha value is -3.22. The highest BCUT2D eigenvalue weighted by molar-refractivity contribution is 6.30. The average Bonchev–Trinajstić information content (AvgIpc) is 2.74. The molecule has 4 aromatic rings. The number of nitrogens with one attached hydrogen (secondary N) is 3. The Bertz CT molecular complexity index is 1190. The predicted octanol–water partition coefficient (Wildman–Crippen LogP) is 4.13. The quantitative estimate of drug-likeness (QED) is 0.332. The fourth-order valence-corrected chi connectivity index (χ4v) is 3.44. The molecule has 0 saturated heterocycles. The first-order chi connectivity index (χ1) is 14.2. The van der Waals surface area contributed by atoms with E-state index in [2.05, 4.69) is 20.9 Å². The van der Waals surface area contributed by atoms with Crippen molar-refractivity contribution in [2.75, 3.05) is 25.5 Å². The molecule has 2 aromatic heterocycles. The summed E-state index contributed by atoms with van der Waals surface area (Å²) >= 11 is 6.12. The lowest BCUT2D eigenvalue weighted by Crippen LogP contribution is -2.30. The SMILES string of the molecule is CNCCNC(=O)c1cccc2c1nc(Nc1cccc(Cl)c1)c1ccncc12. The van der Waals surface area contributed by atoms with E-state index >= 15 is 0 Å². The van der Waals surface area contributed by atoms with Crippen molar-refractivity contribution < 1.29 is 4.79 Å². The van der Waals surface area contributed by atoms with Gasteiger partial charge in [0.2, 0.25) is 0 Å². The van der Waals surface area contributed by atoms with E-state index < -0.39 is 0 Å². The number of amides is 1. The zero-order valence-electron chi connectivity index (χ0n) is 15.9. The number of pyridine rings is 2. The Kier molecular flexibility index (Phi) is 5.55. The number of nitrogens with zero attached hydrogens (tertiary/aromatic N) is 2. The highest BCUT2D eigenvalue weighted by Gasteiger charge is 2.15. The second-order valence-electron chi connectivity index (χ2n) is 6.58. The molecule has 0 atom stereocenters. The lowest BCUT2D eigenvalue weighted by molar-refractivity contribution is 0.0955. The molecule has 146 valence electrons. The average molecular weight is 406 g/mol. The molecule has 3 N–H and O–H groups in total. The van der Waals surface area contributed by atoms with Gasteiger partial charge in [-0.05, 0) is 37.4 Å². The number of para-hydroxylation sites is 1. The molecule has 2 aromatic carbocycles. The summed E-state index contributed by atoms with van der Waals surface area (Å²) in [5.74, 6) is 0.489. The van der Waals surface area contributed by atoms with Gasteiger partial charge in [0.15, 0.2) is 0 Å². The van der Waals surface area contributed by atoms with Crippen LogP contribution in [0, 0.1) is 0 Å². The topological polar surface area (TPSA) is 78.9 Å². The van der Waals surface area contributed by atoms with Crippen LogP contribution in [0.3, 0.4) is 0 Å². The first-order valence-corrected chi connectivity index (χ1v) is 9.67. The van der Waals surface area contributed by atoms with Crippen LogP contribution in [0.25, 0.3) is 21.7 Å². The number of anilines is 2. The van der Waals surface area contributed by atoms with Crippen molar-refractivity contribution in [3.63, 3.8) is 0 Å². The van der Waals surface area contributed by atoms with Crippen molar-refractivity contribution in [2.45, 2.75) is 0 Å². The van der Waals surface area contributed by atoms with Crippen molar-refractivity contribution in [2.24, 2.45) is 0 Å². The van der Waals surface area contributed by atoms with Crippen LogP contribution >= 0.6 is 11.6 Å². The second kappa shape index (κ2) is 8.43. The van der Waals surface area contributed by atoms with Gasteiger partial charge in [0.25, 0.3) is 5.91 Å². The van der Waals surface area contributed by atoms with Gasteiger partial charge in [-0.2, -0.15) is 0 Å². The summed E-state index contributed by atoms with van der Waals surface area (Å²) in [7, 11) is 1.85. The Morgan fingerprint density at radius 2 is 1.90 bits per heavy atom. The summed E-state index contributed by atoms with van der Waals surface area (Å²) in [6.07, 6.45) is 3.53. The van der Waals surface area contributed by atoms with E-state index in [1.165, 1.54) is 0 Å². The fourth-order valence-electron chi connectivity index (χ4n) is 3.25. The van der Waals surface area contributed by atoms with Gasteiger partial charge < -0.3 is 16.0 Å². The number of rotatable bonds is 6. The predicted molar refractivity (Wildman–Crippen MR) is 118 cm³/mol. The van der Waals surface area contributed by atoms with Gasteiger partial charge in [-0.15, -0.1) is 0 Å². The van der Waals surface area contributed by atoms with Crippen molar-refractivity contribution in [1.82, 2.24) is 20.6 Å². The third-order valence-corrected chi connectivity index (χ3v) is 4.85. The molecule has 0 spiro atoms. The first kappa shape index (κ1) is 19.1. The summed E-state index contributed by atoms with van der Waals surface area (Å²) in [4.78, 5) is 21.8. The molecule has 4 rings (SSSR count).